The Hall–Kier alpha value is -2.55. The van der Waals surface area contributed by atoms with Crippen molar-refractivity contribution < 1.29 is 19.1 Å². The van der Waals surface area contributed by atoms with E-state index >= 15 is 0 Å². The van der Waals surface area contributed by atoms with Gasteiger partial charge in [0.1, 0.15) is 11.3 Å². The number of carbonyl (C=O) groups excluding carboxylic acids is 2. The van der Waals surface area contributed by atoms with Gasteiger partial charge in [-0.15, -0.1) is 0 Å². The highest BCUT2D eigenvalue weighted by Gasteiger charge is 2.43. The zero-order chi connectivity index (χ0) is 16.7. The first kappa shape index (κ1) is 16.8. The molecule has 1 fully saturated rings. The van der Waals surface area contributed by atoms with Gasteiger partial charge in [0.25, 0.3) is 5.91 Å². The molecule has 1 aliphatic rings. The van der Waals surface area contributed by atoms with Crippen molar-refractivity contribution in [1.29, 1.82) is 5.26 Å². The smallest absolute Gasteiger partial charge is 0.331 e. The van der Waals surface area contributed by atoms with Crippen LogP contribution in [0.25, 0.3) is 0 Å². The second-order valence-corrected chi connectivity index (χ2v) is 5.60. The van der Waals surface area contributed by atoms with Crippen LogP contribution >= 0.6 is 0 Å². The predicted molar refractivity (Wildman–Crippen MR) is 82.6 cm³/mol. The number of amides is 1. The molecule has 23 heavy (non-hydrogen) atoms. The third kappa shape index (κ3) is 4.22. The number of nitriles is 1. The zero-order valence-electron chi connectivity index (χ0n) is 13.1. The number of esters is 1. The molecule has 1 aromatic carbocycles. The summed E-state index contributed by atoms with van der Waals surface area (Å²) < 4.78 is 10.2. The second kappa shape index (κ2) is 7.63. The molecule has 1 aliphatic carbocycles. The van der Waals surface area contributed by atoms with Crippen molar-refractivity contribution in [3.05, 3.63) is 29.8 Å². The number of ether oxygens (including phenoxy) is 2. The first-order chi connectivity index (χ1) is 11.1. The Labute approximate surface area is 135 Å². The zero-order valence-corrected chi connectivity index (χ0v) is 13.1. The molecule has 0 aromatic heterocycles. The number of nitrogens with one attached hydrogen (secondary N) is 1. The van der Waals surface area contributed by atoms with E-state index in [4.69, 9.17) is 14.7 Å². The highest BCUT2D eigenvalue weighted by atomic mass is 16.5. The van der Waals surface area contributed by atoms with E-state index in [9.17, 15) is 9.59 Å². The number of benzene rings is 1. The average Bonchev–Trinajstić information content (AvgIpc) is 3.03. The summed E-state index contributed by atoms with van der Waals surface area (Å²) in [4.78, 5) is 24.0. The van der Waals surface area contributed by atoms with E-state index in [0.29, 0.717) is 25.0 Å². The molecular weight excluding hydrogens is 296 g/mol. The highest BCUT2D eigenvalue weighted by Crippen LogP contribution is 2.30. The van der Waals surface area contributed by atoms with Crippen molar-refractivity contribution in [1.82, 2.24) is 5.32 Å². The van der Waals surface area contributed by atoms with Crippen LogP contribution in [0, 0.1) is 11.3 Å². The maximum atomic E-state index is 12.1. The van der Waals surface area contributed by atoms with Crippen molar-refractivity contribution >= 4 is 11.9 Å². The van der Waals surface area contributed by atoms with Crippen LogP contribution in [-0.4, -0.2) is 31.1 Å². The fourth-order valence-electron chi connectivity index (χ4n) is 2.80. The summed E-state index contributed by atoms with van der Waals surface area (Å²) in [6, 6.07) is 9.06. The first-order valence-corrected chi connectivity index (χ1v) is 7.58. The minimum Gasteiger partial charge on any atom is -0.484 e. The topological polar surface area (TPSA) is 88.4 Å². The van der Waals surface area contributed by atoms with Crippen LogP contribution in [0.1, 0.15) is 31.2 Å². The van der Waals surface area contributed by atoms with Gasteiger partial charge in [0.05, 0.1) is 19.6 Å². The Morgan fingerprint density at radius 1 is 1.26 bits per heavy atom. The fraction of sp³-hybridized carbons (Fsp3) is 0.471. The van der Waals surface area contributed by atoms with Gasteiger partial charge in [0.2, 0.25) is 0 Å². The van der Waals surface area contributed by atoms with E-state index in [1.807, 2.05) is 0 Å². The van der Waals surface area contributed by atoms with Gasteiger partial charge in [-0.1, -0.05) is 25.0 Å². The minimum absolute atomic E-state index is 0.170. The van der Waals surface area contributed by atoms with Crippen molar-refractivity contribution in [2.24, 2.45) is 0 Å². The van der Waals surface area contributed by atoms with Crippen molar-refractivity contribution in [2.45, 2.75) is 37.6 Å². The van der Waals surface area contributed by atoms with Crippen LogP contribution in [0.4, 0.5) is 0 Å². The fourth-order valence-corrected chi connectivity index (χ4v) is 2.80. The van der Waals surface area contributed by atoms with Crippen LogP contribution < -0.4 is 10.1 Å². The SMILES string of the molecule is COC(=O)C1(NC(=O)COc2ccc(CC#N)cc2)CCCC1. The molecule has 0 atom stereocenters. The molecule has 0 bridgehead atoms. The Morgan fingerprint density at radius 2 is 1.91 bits per heavy atom. The van der Waals surface area contributed by atoms with Gasteiger partial charge in [-0.25, -0.2) is 4.79 Å². The Kier molecular flexibility index (Phi) is 5.58. The summed E-state index contributed by atoms with van der Waals surface area (Å²) in [5.41, 5.74) is -0.0221. The maximum absolute atomic E-state index is 12.1. The average molecular weight is 316 g/mol. The number of nitrogens with zero attached hydrogens (tertiary/aromatic N) is 1. The lowest BCUT2D eigenvalue weighted by atomic mass is 9.98. The Morgan fingerprint density at radius 3 is 2.48 bits per heavy atom. The van der Waals surface area contributed by atoms with Gasteiger partial charge in [0.15, 0.2) is 6.61 Å². The van der Waals surface area contributed by atoms with E-state index in [1.165, 1.54) is 7.11 Å². The molecule has 0 aliphatic heterocycles. The molecule has 0 spiro atoms. The van der Waals surface area contributed by atoms with Gasteiger partial charge in [-0.2, -0.15) is 5.26 Å². The third-order valence-electron chi connectivity index (χ3n) is 3.99. The molecule has 0 unspecified atom stereocenters. The van der Waals surface area contributed by atoms with E-state index in [1.54, 1.807) is 24.3 Å². The molecule has 122 valence electrons. The summed E-state index contributed by atoms with van der Waals surface area (Å²) in [6.45, 7) is -0.170. The van der Waals surface area contributed by atoms with Gasteiger partial charge < -0.3 is 14.8 Å². The largest absolute Gasteiger partial charge is 0.484 e. The summed E-state index contributed by atoms with van der Waals surface area (Å²) in [6.07, 6.45) is 3.29. The molecule has 2 rings (SSSR count). The summed E-state index contributed by atoms with van der Waals surface area (Å²) in [5.74, 6) is -0.206. The lowest BCUT2D eigenvalue weighted by Crippen LogP contribution is -2.54. The van der Waals surface area contributed by atoms with E-state index < -0.39 is 11.5 Å². The van der Waals surface area contributed by atoms with Gasteiger partial charge in [-0.05, 0) is 30.5 Å². The van der Waals surface area contributed by atoms with Gasteiger partial charge >= 0.3 is 5.97 Å². The lowest BCUT2D eigenvalue weighted by molar-refractivity contribution is -0.151. The number of methoxy groups -OCH3 is 1. The monoisotopic (exact) mass is 316 g/mol. The molecular formula is C17H20N2O4. The van der Waals surface area contributed by atoms with Crippen molar-refractivity contribution in [3.8, 4) is 11.8 Å². The number of hydrogen-bond donors (Lipinski definition) is 1. The second-order valence-electron chi connectivity index (χ2n) is 5.60. The summed E-state index contributed by atoms with van der Waals surface area (Å²) >= 11 is 0. The first-order valence-electron chi connectivity index (χ1n) is 7.58. The van der Waals surface area contributed by atoms with Crippen LogP contribution in [0.15, 0.2) is 24.3 Å². The molecule has 1 aromatic rings. The molecule has 1 saturated carbocycles. The van der Waals surface area contributed by atoms with Crippen molar-refractivity contribution in [2.75, 3.05) is 13.7 Å². The van der Waals surface area contributed by atoms with Crippen LogP contribution in [0.2, 0.25) is 0 Å². The van der Waals surface area contributed by atoms with Crippen LogP contribution in [-0.2, 0) is 20.7 Å². The maximum Gasteiger partial charge on any atom is 0.331 e. The molecule has 0 heterocycles. The van der Waals surface area contributed by atoms with E-state index in [2.05, 4.69) is 11.4 Å². The Bertz CT molecular complexity index is 598. The quantitative estimate of drug-likeness (QED) is 0.808. The normalized spacial score (nSPS) is 15.5. The predicted octanol–water partition coefficient (Wildman–Crippen LogP) is 1.73. The highest BCUT2D eigenvalue weighted by molar-refractivity contribution is 5.88. The molecule has 0 saturated heterocycles. The van der Waals surface area contributed by atoms with E-state index in [0.717, 1.165) is 18.4 Å². The minimum atomic E-state index is -0.911. The molecule has 0 radical (unpaired) electrons. The van der Waals surface area contributed by atoms with Crippen LogP contribution in [0.5, 0.6) is 5.75 Å². The lowest BCUT2D eigenvalue weighted by Gasteiger charge is -2.27. The third-order valence-corrected chi connectivity index (χ3v) is 3.99. The van der Waals surface area contributed by atoms with Crippen LogP contribution in [0.3, 0.4) is 0 Å². The summed E-state index contributed by atoms with van der Waals surface area (Å²) in [7, 11) is 1.33. The van der Waals surface area contributed by atoms with E-state index in [-0.39, 0.29) is 12.5 Å². The number of hydrogen-bond acceptors (Lipinski definition) is 5. The molecule has 6 nitrogen and oxygen atoms in total. The molecule has 1 amide bonds. The van der Waals surface area contributed by atoms with Gasteiger partial charge in [-0.3, -0.25) is 4.79 Å². The van der Waals surface area contributed by atoms with Crippen molar-refractivity contribution in [3.63, 3.8) is 0 Å². The molecule has 6 heteroatoms. The molecule has 1 N–H and O–H groups in total. The Balaban J connectivity index is 1.89. The summed E-state index contributed by atoms with van der Waals surface area (Å²) in [5, 5.41) is 11.4. The van der Waals surface area contributed by atoms with Gasteiger partial charge in [0, 0.05) is 0 Å². The standard InChI is InChI=1S/C17H20N2O4/c1-22-16(21)17(9-2-3-10-17)19-15(20)12-23-14-6-4-13(5-7-14)8-11-18/h4-7H,2-3,8-10,12H2,1H3,(H,19,20). The number of carbonyl (C=O) groups is 2. The number of rotatable bonds is 6.